The summed E-state index contributed by atoms with van der Waals surface area (Å²) in [4.78, 5) is 2.42. The zero-order valence-corrected chi connectivity index (χ0v) is 23.5. The summed E-state index contributed by atoms with van der Waals surface area (Å²) in [5.41, 5.74) is 5.54. The van der Waals surface area contributed by atoms with Gasteiger partial charge in [0, 0.05) is 58.0 Å². The van der Waals surface area contributed by atoms with Crippen LogP contribution >= 0.6 is 0 Å². The maximum absolute atomic E-state index is 8.94. The molecule has 3 aromatic carbocycles. The zero-order chi connectivity index (χ0) is 26.8. The van der Waals surface area contributed by atoms with Crippen molar-refractivity contribution in [2.24, 2.45) is 0 Å². The summed E-state index contributed by atoms with van der Waals surface area (Å²) < 4.78 is 9.92. The van der Waals surface area contributed by atoms with Gasteiger partial charge in [0.25, 0.3) is 0 Å². The molecule has 1 radical (unpaired) electrons. The van der Waals surface area contributed by atoms with Gasteiger partial charge in [0.2, 0.25) is 5.90 Å². The normalized spacial score (nSPS) is 16.5. The van der Waals surface area contributed by atoms with Gasteiger partial charge in [-0.15, -0.1) is 0 Å². The molecule has 1 aliphatic rings. The van der Waals surface area contributed by atoms with Crippen LogP contribution in [0, 0.1) is 10.8 Å². The first-order chi connectivity index (χ1) is 17.9. The number of anilines is 1. The van der Waals surface area contributed by atoms with Crippen LogP contribution in [0.1, 0.15) is 43.4 Å². The fourth-order valence-corrected chi connectivity index (χ4v) is 4.79. The number of methoxy groups -OCH3 is 2. The van der Waals surface area contributed by atoms with Gasteiger partial charge in [0.05, 0.1) is 14.2 Å². The molecule has 6 nitrogen and oxygen atoms in total. The number of benzene rings is 3. The molecule has 3 aromatic rings. The summed E-state index contributed by atoms with van der Waals surface area (Å²) in [6.07, 6.45) is 6.70. The second kappa shape index (κ2) is 14.4. The molecular weight excluding hydrogens is 521 g/mol. The molecule has 1 heterocycles. The second-order valence-electron chi connectivity index (χ2n) is 9.19. The van der Waals surface area contributed by atoms with Crippen molar-refractivity contribution in [1.82, 2.24) is 0 Å². The average Bonchev–Trinajstić information content (AvgIpc) is 3.15. The predicted octanol–water partition coefficient (Wildman–Crippen LogP) is 6.93. The van der Waals surface area contributed by atoms with Gasteiger partial charge in [0.15, 0.2) is 0 Å². The molecule has 4 rings (SSSR count). The first kappa shape index (κ1) is 30.7. The van der Waals surface area contributed by atoms with Gasteiger partial charge in [0.1, 0.15) is 11.5 Å². The Morgan fingerprint density at radius 2 is 1.58 bits per heavy atom. The van der Waals surface area contributed by atoms with Crippen LogP contribution in [0.25, 0.3) is 0 Å². The Labute approximate surface area is 236 Å². The van der Waals surface area contributed by atoms with Gasteiger partial charge >= 0.3 is 0 Å². The third-order valence-electron chi connectivity index (χ3n) is 6.65. The van der Waals surface area contributed by atoms with Gasteiger partial charge in [-0.25, -0.2) is 0 Å². The number of allylic oxidation sites excluding steroid dienone is 2. The van der Waals surface area contributed by atoms with Gasteiger partial charge < -0.3 is 24.9 Å². The van der Waals surface area contributed by atoms with E-state index in [4.69, 9.17) is 25.4 Å². The third-order valence-corrected chi connectivity index (χ3v) is 6.65. The van der Waals surface area contributed by atoms with Crippen molar-refractivity contribution < 1.29 is 31.4 Å². The van der Waals surface area contributed by atoms with E-state index in [0.29, 0.717) is 17.1 Å². The molecule has 0 aliphatic carbocycles. The van der Waals surface area contributed by atoms with E-state index in [1.54, 1.807) is 18.2 Å². The minimum atomic E-state index is -0.503. The number of unbranched alkanes of at least 4 members (excludes halogenated alkanes) is 1. The van der Waals surface area contributed by atoms with Crippen LogP contribution in [0.15, 0.2) is 84.6 Å². The van der Waals surface area contributed by atoms with Crippen LogP contribution in [-0.4, -0.2) is 38.0 Å². The molecule has 0 spiro atoms. The van der Waals surface area contributed by atoms with Crippen molar-refractivity contribution in [3.63, 3.8) is 0 Å². The number of fused-ring (bicyclic) bond motifs is 1. The molecule has 0 bridgehead atoms. The standard InChI is InChI=1S/C22H26N2.C9H11NO3.Co/c1-3-4-16-24-20-13-9-8-12-19(20)22(2,21(24)14-15-23)17-18-10-6-5-7-11-18;1-12-7-3-6(9(10)11)4-8(5-7)13-2;/h5-15,23H,3-4,16-17H2,1-2H3;3-5H,1-2H3,(H2,10,11);/b21-14-,23-15?;;. The average molecular weight is 559 g/mol. The van der Waals surface area contributed by atoms with E-state index >= 15 is 0 Å². The molecule has 203 valence electrons. The third kappa shape index (κ3) is 7.05. The number of hydrogen-bond acceptors (Lipinski definition) is 5. The van der Waals surface area contributed by atoms with Crippen LogP contribution in [0.2, 0.25) is 0 Å². The van der Waals surface area contributed by atoms with Crippen LogP contribution in [0.3, 0.4) is 0 Å². The fourth-order valence-electron chi connectivity index (χ4n) is 4.79. The number of nitrogens with zero attached hydrogens (tertiary/aromatic N) is 1. The van der Waals surface area contributed by atoms with Crippen molar-refractivity contribution in [1.29, 1.82) is 10.8 Å². The molecule has 38 heavy (non-hydrogen) atoms. The Morgan fingerprint density at radius 3 is 2.13 bits per heavy atom. The summed E-state index contributed by atoms with van der Waals surface area (Å²) in [6.45, 7) is 5.56. The first-order valence-electron chi connectivity index (χ1n) is 12.5. The SMILES string of the molecule is CCCCN1/C(=C\C=N)C(C)(Cc2ccccc2)c2ccccc21.COc1cc(OC)cc(C(=N)O)c1.[Co]. The van der Waals surface area contributed by atoms with Gasteiger partial charge in [-0.2, -0.15) is 0 Å². The molecule has 1 aliphatic heterocycles. The fraction of sp³-hybridized carbons (Fsp3) is 0.290. The Balaban J connectivity index is 0.000000309. The molecule has 0 amide bonds. The monoisotopic (exact) mass is 558 g/mol. The number of rotatable bonds is 9. The zero-order valence-electron chi connectivity index (χ0n) is 22.5. The minimum Gasteiger partial charge on any atom is -0.497 e. The summed E-state index contributed by atoms with van der Waals surface area (Å²) in [5.74, 6) is 0.596. The minimum absolute atomic E-state index is 0. The maximum Gasteiger partial charge on any atom is 0.210 e. The van der Waals surface area contributed by atoms with Crippen LogP contribution in [-0.2, 0) is 28.6 Å². The van der Waals surface area contributed by atoms with E-state index in [9.17, 15) is 0 Å². The maximum atomic E-state index is 8.94. The number of aliphatic hydroxyl groups excluding tert-OH is 1. The molecule has 0 aromatic heterocycles. The van der Waals surface area contributed by atoms with Gasteiger partial charge in [-0.1, -0.05) is 61.9 Å². The first-order valence-corrected chi connectivity index (χ1v) is 12.5. The van der Waals surface area contributed by atoms with Crippen molar-refractivity contribution in [2.45, 2.75) is 38.5 Å². The number of para-hydroxylation sites is 1. The molecule has 3 N–H and O–H groups in total. The Bertz CT molecular complexity index is 1220. The number of ether oxygens (including phenoxy) is 2. The summed E-state index contributed by atoms with van der Waals surface area (Å²) >= 11 is 0. The Kier molecular flexibility index (Phi) is 11.6. The largest absolute Gasteiger partial charge is 0.497 e. The van der Waals surface area contributed by atoms with Gasteiger partial charge in [-0.05, 0) is 55.2 Å². The van der Waals surface area contributed by atoms with Crippen molar-refractivity contribution >= 4 is 17.8 Å². The van der Waals surface area contributed by atoms with E-state index in [2.05, 4.69) is 73.3 Å². The van der Waals surface area contributed by atoms with E-state index < -0.39 is 5.90 Å². The van der Waals surface area contributed by atoms with Crippen LogP contribution in [0.4, 0.5) is 5.69 Å². The Hall–Kier alpha value is -3.55. The number of aliphatic hydroxyl groups is 1. The molecule has 1 unspecified atom stereocenters. The quantitative estimate of drug-likeness (QED) is 0.196. The summed E-state index contributed by atoms with van der Waals surface area (Å²) in [5, 5.41) is 23.6. The van der Waals surface area contributed by atoms with Crippen LogP contribution in [0.5, 0.6) is 11.5 Å². The number of nitrogens with one attached hydrogen (secondary N) is 2. The molecule has 0 saturated carbocycles. The van der Waals surface area contributed by atoms with E-state index in [0.717, 1.165) is 19.4 Å². The molecule has 1 atom stereocenters. The number of hydrogen-bond donors (Lipinski definition) is 3. The van der Waals surface area contributed by atoms with Crippen molar-refractivity contribution in [3.8, 4) is 11.5 Å². The van der Waals surface area contributed by atoms with Crippen LogP contribution < -0.4 is 14.4 Å². The summed E-state index contributed by atoms with van der Waals surface area (Å²) in [6, 6.07) is 24.2. The van der Waals surface area contributed by atoms with Crippen molar-refractivity contribution in [2.75, 3.05) is 25.7 Å². The molecule has 0 saturated heterocycles. The summed E-state index contributed by atoms with van der Waals surface area (Å²) in [7, 11) is 3.03. The second-order valence-corrected chi connectivity index (χ2v) is 9.19. The van der Waals surface area contributed by atoms with E-state index in [1.165, 1.54) is 49.4 Å². The van der Waals surface area contributed by atoms with E-state index in [1.807, 2.05) is 6.08 Å². The van der Waals surface area contributed by atoms with E-state index in [-0.39, 0.29) is 22.2 Å². The van der Waals surface area contributed by atoms with Gasteiger partial charge in [-0.3, -0.25) is 5.41 Å². The Morgan fingerprint density at radius 1 is 0.974 bits per heavy atom. The smallest absolute Gasteiger partial charge is 0.210 e. The van der Waals surface area contributed by atoms with Crippen molar-refractivity contribution in [3.05, 3.63) is 101 Å². The topological polar surface area (TPSA) is 89.6 Å². The molecule has 7 heteroatoms. The molecular formula is C31H37CoN3O3. The molecule has 0 fully saturated rings. The predicted molar refractivity (Wildman–Crippen MR) is 152 cm³/mol.